The summed E-state index contributed by atoms with van der Waals surface area (Å²) in [6.07, 6.45) is 2.36. The van der Waals surface area contributed by atoms with Crippen molar-refractivity contribution in [3.05, 3.63) is 197 Å². The van der Waals surface area contributed by atoms with Crippen LogP contribution in [-0.4, -0.2) is 7.28 Å². The van der Waals surface area contributed by atoms with E-state index in [1.54, 1.807) is 0 Å². The van der Waals surface area contributed by atoms with Crippen LogP contribution in [-0.2, 0) is 16.2 Å². The van der Waals surface area contributed by atoms with Gasteiger partial charge in [-0.2, -0.15) is 0 Å². The van der Waals surface area contributed by atoms with E-state index >= 15 is 0 Å². The highest BCUT2D eigenvalue weighted by Crippen LogP contribution is 2.63. The third kappa shape index (κ3) is 4.73. The summed E-state index contributed by atoms with van der Waals surface area (Å²) in [4.78, 5) is 2.57. The summed E-state index contributed by atoms with van der Waals surface area (Å²) in [7, 11) is 2.45. The highest BCUT2D eigenvalue weighted by atomic mass is 16.3. The van der Waals surface area contributed by atoms with Gasteiger partial charge in [0.2, 0.25) is 0 Å². The average Bonchev–Trinajstić information content (AvgIpc) is 3.79. The SMILES string of the molecule is Cc1cc(-c2cc3oc4ccccc4c3cc2Nc2ccc3c(c2)C(C)(C)CCC3(C)C)c2c(c1)N1c3ccccc3C3(c4ccccc4-c4ccccc43)c3cccc(c31)[B]2. The van der Waals surface area contributed by atoms with E-state index in [1.807, 2.05) is 0 Å². The van der Waals surface area contributed by atoms with Crippen LogP contribution in [0.5, 0.6) is 0 Å². The van der Waals surface area contributed by atoms with Crippen molar-refractivity contribution in [2.45, 2.75) is 63.7 Å². The molecule has 3 nitrogen and oxygen atoms in total. The minimum Gasteiger partial charge on any atom is -0.456 e. The molecule has 0 atom stereocenters. The molecule has 0 saturated heterocycles. The number of hydrogen-bond acceptors (Lipinski definition) is 3. The molecule has 9 aromatic rings. The Bertz CT molecular complexity index is 3360. The summed E-state index contributed by atoms with van der Waals surface area (Å²) >= 11 is 0. The largest absolute Gasteiger partial charge is 0.456 e. The van der Waals surface area contributed by atoms with Crippen LogP contribution < -0.4 is 21.1 Å². The lowest BCUT2D eigenvalue weighted by atomic mass is 9.54. The normalized spacial score (nSPS) is 16.5. The number of para-hydroxylation sites is 3. The maximum Gasteiger partial charge on any atom is 0.197 e. The molecule has 62 heavy (non-hydrogen) atoms. The van der Waals surface area contributed by atoms with Gasteiger partial charge in [0.15, 0.2) is 7.28 Å². The molecule has 8 aromatic carbocycles. The molecule has 0 amide bonds. The van der Waals surface area contributed by atoms with Gasteiger partial charge >= 0.3 is 0 Å². The number of nitrogens with one attached hydrogen (secondary N) is 1. The maximum absolute atomic E-state index is 6.65. The summed E-state index contributed by atoms with van der Waals surface area (Å²) in [5, 5.41) is 6.26. The van der Waals surface area contributed by atoms with E-state index in [0.29, 0.717) is 0 Å². The molecule has 1 radical (unpaired) electrons. The van der Waals surface area contributed by atoms with E-state index in [1.165, 1.54) is 96.5 Å². The molecule has 3 heterocycles. The van der Waals surface area contributed by atoms with Crippen molar-refractivity contribution in [2.75, 3.05) is 10.2 Å². The van der Waals surface area contributed by atoms with E-state index in [-0.39, 0.29) is 10.8 Å². The Hall–Kier alpha value is -6.78. The first kappa shape index (κ1) is 35.9. The van der Waals surface area contributed by atoms with Crippen LogP contribution >= 0.6 is 0 Å². The van der Waals surface area contributed by atoms with E-state index < -0.39 is 5.41 Å². The first-order valence-electron chi connectivity index (χ1n) is 22.2. The lowest BCUT2D eigenvalue weighted by Gasteiger charge is -2.48. The second kappa shape index (κ2) is 12.4. The molecule has 0 saturated carbocycles. The van der Waals surface area contributed by atoms with Crippen LogP contribution in [0.3, 0.4) is 0 Å². The van der Waals surface area contributed by atoms with Crippen molar-refractivity contribution < 1.29 is 4.42 Å². The van der Waals surface area contributed by atoms with Crippen LogP contribution in [0.2, 0.25) is 0 Å². The van der Waals surface area contributed by atoms with Crippen molar-refractivity contribution in [1.29, 1.82) is 0 Å². The lowest BCUT2D eigenvalue weighted by Crippen LogP contribution is -2.47. The Morgan fingerprint density at radius 3 is 1.98 bits per heavy atom. The van der Waals surface area contributed by atoms with Gasteiger partial charge in [-0.05, 0) is 134 Å². The number of nitrogens with zero attached hydrogens (tertiary/aromatic N) is 1. The van der Waals surface area contributed by atoms with Gasteiger partial charge in [-0.25, -0.2) is 0 Å². The van der Waals surface area contributed by atoms with Gasteiger partial charge in [0.1, 0.15) is 11.2 Å². The molecule has 13 rings (SSSR count). The first-order valence-corrected chi connectivity index (χ1v) is 22.2. The molecule has 4 aliphatic rings. The quantitative estimate of drug-likeness (QED) is 0.181. The van der Waals surface area contributed by atoms with Gasteiger partial charge in [0.25, 0.3) is 0 Å². The number of furan rings is 1. The Morgan fingerprint density at radius 2 is 1.19 bits per heavy atom. The summed E-state index contributed by atoms with van der Waals surface area (Å²) in [6, 6.07) is 59.1. The second-order valence-corrected chi connectivity index (χ2v) is 19.5. The number of hydrogen-bond donors (Lipinski definition) is 1. The predicted octanol–water partition coefficient (Wildman–Crippen LogP) is 13.8. The Kier molecular flexibility index (Phi) is 7.20. The molecule has 2 aliphatic carbocycles. The van der Waals surface area contributed by atoms with E-state index in [0.717, 1.165) is 38.9 Å². The summed E-state index contributed by atoms with van der Waals surface area (Å²) in [5.41, 5.74) is 24.2. The molecule has 0 unspecified atom stereocenters. The minimum atomic E-state index is -0.453. The zero-order valence-electron chi connectivity index (χ0n) is 35.9. The van der Waals surface area contributed by atoms with Crippen LogP contribution in [0.15, 0.2) is 162 Å². The fourth-order valence-electron chi connectivity index (χ4n) is 12.0. The van der Waals surface area contributed by atoms with Gasteiger partial charge < -0.3 is 14.6 Å². The summed E-state index contributed by atoms with van der Waals surface area (Å²) < 4.78 is 6.65. The molecule has 0 fully saturated rings. The van der Waals surface area contributed by atoms with E-state index in [2.05, 4.69) is 210 Å². The van der Waals surface area contributed by atoms with Crippen molar-refractivity contribution in [1.82, 2.24) is 0 Å². The van der Waals surface area contributed by atoms with Crippen LogP contribution in [0.4, 0.5) is 28.4 Å². The number of anilines is 5. The van der Waals surface area contributed by atoms with Crippen molar-refractivity contribution in [3.8, 4) is 22.3 Å². The van der Waals surface area contributed by atoms with Crippen LogP contribution in [0.1, 0.15) is 79.5 Å². The van der Waals surface area contributed by atoms with Crippen molar-refractivity contribution in [2.24, 2.45) is 0 Å². The summed E-state index contributed by atoms with van der Waals surface area (Å²) in [5.74, 6) is 0. The van der Waals surface area contributed by atoms with Gasteiger partial charge in [-0.1, -0.05) is 148 Å². The molecule has 297 valence electrons. The number of rotatable bonds is 3. The molecular weight excluding hydrogens is 751 g/mol. The molecule has 4 heteroatoms. The zero-order chi connectivity index (χ0) is 41.7. The van der Waals surface area contributed by atoms with Gasteiger partial charge in [0.05, 0.1) is 11.1 Å². The number of benzene rings is 8. The van der Waals surface area contributed by atoms with Gasteiger partial charge in [0, 0.05) is 39.1 Å². The lowest BCUT2D eigenvalue weighted by molar-refractivity contribution is 0.332. The van der Waals surface area contributed by atoms with E-state index in [4.69, 9.17) is 4.42 Å². The van der Waals surface area contributed by atoms with E-state index in [9.17, 15) is 0 Å². The average molecular weight is 798 g/mol. The van der Waals surface area contributed by atoms with Crippen LogP contribution in [0, 0.1) is 6.92 Å². The van der Waals surface area contributed by atoms with Gasteiger partial charge in [-0.3, -0.25) is 0 Å². The molecule has 1 N–H and O–H groups in total. The Morgan fingerprint density at radius 1 is 0.516 bits per heavy atom. The molecule has 1 spiro atoms. The molecule has 1 aromatic heterocycles. The third-order valence-corrected chi connectivity index (χ3v) is 15.0. The standard InChI is InChI=1S/C58H46BN2O/c1-34-29-41(39-33-53-40(38-17-8-13-24-52(38)62-53)32-49(39)60-35-25-26-44-47(31-35)57(4,5)28-27-56(44,2)3)54-51(30-34)61-50-23-12-11-20-45(50)58(46-21-14-22-48(59-54)55(46)61)42-18-9-6-15-36(42)37-16-7-10-19-43(37)58/h6-26,29-33,60H,27-28H2,1-5H3. The Balaban J connectivity index is 1.05. The maximum atomic E-state index is 6.65. The Labute approximate surface area is 364 Å². The molecule has 0 bridgehead atoms. The van der Waals surface area contributed by atoms with Gasteiger partial charge in [-0.15, -0.1) is 0 Å². The van der Waals surface area contributed by atoms with Crippen molar-refractivity contribution in [3.63, 3.8) is 0 Å². The zero-order valence-corrected chi connectivity index (χ0v) is 35.9. The first-order chi connectivity index (χ1) is 30.1. The van der Waals surface area contributed by atoms with Crippen molar-refractivity contribution >= 4 is 68.6 Å². The molecule has 2 aliphatic heterocycles. The highest BCUT2D eigenvalue weighted by molar-refractivity contribution is 6.73. The summed E-state index contributed by atoms with van der Waals surface area (Å²) in [6.45, 7) is 11.8. The fourth-order valence-corrected chi connectivity index (χ4v) is 12.0. The third-order valence-electron chi connectivity index (χ3n) is 15.0. The second-order valence-electron chi connectivity index (χ2n) is 19.5. The van der Waals surface area contributed by atoms with Crippen LogP contribution in [0.25, 0.3) is 44.2 Å². The molecular formula is C58H46BN2O. The number of fused-ring (bicyclic) bond motifs is 15. The minimum absolute atomic E-state index is 0.0961. The monoisotopic (exact) mass is 797 g/mol. The topological polar surface area (TPSA) is 28.4 Å². The smallest absolute Gasteiger partial charge is 0.197 e. The fraction of sp³-hybridized carbons (Fsp3) is 0.172. The number of aryl methyl sites for hydroxylation is 1. The highest BCUT2D eigenvalue weighted by Gasteiger charge is 2.53. The predicted molar refractivity (Wildman–Crippen MR) is 259 cm³/mol.